The summed E-state index contributed by atoms with van der Waals surface area (Å²) in [6, 6.07) is 0. The van der Waals surface area contributed by atoms with Crippen molar-refractivity contribution in [1.29, 1.82) is 0 Å². The number of Topliss-reactive ketones (excluding diaryl/α,β-unsaturated/α-hetero) is 1. The quantitative estimate of drug-likeness (QED) is 0.136. The summed E-state index contributed by atoms with van der Waals surface area (Å²) in [4.78, 5) is 14.5. The van der Waals surface area contributed by atoms with Gasteiger partial charge in [0.2, 0.25) is 0 Å². The van der Waals surface area contributed by atoms with Crippen LogP contribution < -0.4 is 10.6 Å². The second-order valence-corrected chi connectivity index (χ2v) is 17.3. The van der Waals surface area contributed by atoms with Gasteiger partial charge in [0.15, 0.2) is 5.78 Å². The van der Waals surface area contributed by atoms with Crippen molar-refractivity contribution in [3.8, 4) is 0 Å². The first-order valence-corrected chi connectivity index (χ1v) is 18.9. The Hall–Kier alpha value is -1.11. The zero-order valence-corrected chi connectivity index (χ0v) is 30.5. The molecule has 0 radical (unpaired) electrons. The predicted octanol–water partition coefficient (Wildman–Crippen LogP) is 2.67. The van der Waals surface area contributed by atoms with Gasteiger partial charge in [-0.15, -0.1) is 0 Å². The van der Waals surface area contributed by atoms with Crippen molar-refractivity contribution < 1.29 is 40.2 Å². The normalized spacial score (nSPS) is 45.3. The summed E-state index contributed by atoms with van der Waals surface area (Å²) in [6.45, 7) is 13.0. The number of allylic oxidation sites excluding steroid dienone is 1. The Labute approximate surface area is 288 Å². The largest absolute Gasteiger partial charge is 0.392 e. The smallest absolute Gasteiger partial charge is 0.182 e. The van der Waals surface area contributed by atoms with Crippen LogP contribution in [0.5, 0.6) is 0 Å². The third-order valence-electron chi connectivity index (χ3n) is 14.2. The van der Waals surface area contributed by atoms with E-state index in [1.54, 1.807) is 13.8 Å². The van der Waals surface area contributed by atoms with Crippen LogP contribution in [0.2, 0.25) is 0 Å². The van der Waals surface area contributed by atoms with Gasteiger partial charge in [-0.05, 0) is 107 Å². The van der Waals surface area contributed by atoms with E-state index in [1.807, 2.05) is 20.9 Å². The van der Waals surface area contributed by atoms with Gasteiger partial charge in [-0.2, -0.15) is 0 Å². The molecule has 1 aliphatic heterocycles. The van der Waals surface area contributed by atoms with Crippen LogP contribution in [0, 0.1) is 46.3 Å². The number of ether oxygens (including phenoxy) is 1. The molecule has 0 aromatic rings. The van der Waals surface area contributed by atoms with Crippen LogP contribution in [-0.4, -0.2) is 105 Å². The first-order valence-electron chi connectivity index (χ1n) is 18.9. The molecule has 4 fully saturated rings. The van der Waals surface area contributed by atoms with Gasteiger partial charge in [-0.25, -0.2) is 0 Å². The van der Waals surface area contributed by atoms with Gasteiger partial charge >= 0.3 is 0 Å². The highest BCUT2D eigenvalue weighted by atomic mass is 16.5. The van der Waals surface area contributed by atoms with Gasteiger partial charge in [0, 0.05) is 17.9 Å². The molecular weight excluding hydrogens is 612 g/mol. The lowest BCUT2D eigenvalue weighted by atomic mass is 9.42. The van der Waals surface area contributed by atoms with Crippen molar-refractivity contribution >= 4 is 5.78 Å². The zero-order valence-electron chi connectivity index (χ0n) is 30.5. The fraction of sp³-hybridized carbons (Fsp3) is 0.921. The predicted molar refractivity (Wildman–Crippen MR) is 184 cm³/mol. The van der Waals surface area contributed by atoms with Crippen LogP contribution in [0.1, 0.15) is 106 Å². The van der Waals surface area contributed by atoms with Gasteiger partial charge in [0.1, 0.15) is 6.10 Å². The average molecular weight is 679 g/mol. The SMILES string of the molecule is CCCCCC[C@@H]1CO[C@@H]([C@@H](O)[C@](C)(O)[C@H]2CC[C@@]3(O)C4=C(NC[C@H](C)O)C(=O)[C@@H]5C[C@@H](O)[C@@H](O)C[C@]5(C)[C@H]4[C@H](CNC)C[C@]23C)[C@H]1C. The number of carbonyl (C=O) groups is 1. The number of carbonyl (C=O) groups excluding carboxylic acids is 1. The third kappa shape index (κ3) is 6.12. The Bertz CT molecular complexity index is 1190. The number of aliphatic hydroxyl groups excluding tert-OH is 4. The molecule has 1 heterocycles. The summed E-state index contributed by atoms with van der Waals surface area (Å²) < 4.78 is 6.24. The second kappa shape index (κ2) is 14.1. The molecule has 3 saturated carbocycles. The summed E-state index contributed by atoms with van der Waals surface area (Å²) in [5.41, 5.74) is -3.81. The van der Waals surface area contributed by atoms with Crippen molar-refractivity contribution in [1.82, 2.24) is 10.6 Å². The minimum Gasteiger partial charge on any atom is -0.392 e. The molecule has 5 aliphatic rings. The molecule has 0 amide bonds. The maximum absolute atomic E-state index is 14.5. The fourth-order valence-electron chi connectivity index (χ4n) is 11.6. The molecule has 0 spiro atoms. The first-order chi connectivity index (χ1) is 22.5. The van der Waals surface area contributed by atoms with E-state index in [0.717, 1.165) is 12.8 Å². The molecule has 276 valence electrons. The summed E-state index contributed by atoms with van der Waals surface area (Å²) >= 11 is 0. The highest BCUT2D eigenvalue weighted by Gasteiger charge is 2.72. The molecule has 8 N–H and O–H groups in total. The third-order valence-corrected chi connectivity index (χ3v) is 14.2. The highest BCUT2D eigenvalue weighted by molar-refractivity contribution is 6.00. The lowest BCUT2D eigenvalue weighted by Crippen LogP contribution is -2.67. The Balaban J connectivity index is 1.54. The van der Waals surface area contributed by atoms with E-state index >= 15 is 0 Å². The molecular formula is C38H66N2O8. The molecule has 4 aliphatic carbocycles. The summed E-state index contributed by atoms with van der Waals surface area (Å²) in [5, 5.41) is 76.2. The maximum atomic E-state index is 14.5. The number of fused-ring (bicyclic) bond motifs is 5. The van der Waals surface area contributed by atoms with E-state index in [-0.39, 0.29) is 42.9 Å². The fourth-order valence-corrected chi connectivity index (χ4v) is 11.6. The van der Waals surface area contributed by atoms with E-state index in [9.17, 15) is 35.4 Å². The van der Waals surface area contributed by atoms with Gasteiger partial charge in [-0.1, -0.05) is 53.4 Å². The standard InChI is InChI=1S/C38H66N2O8/c1-8-9-10-11-12-23-20-48-33(22(23)3)34(45)37(6,46)28-13-14-38(47)30-29(24(19-39-7)16-36(28,38)5)35(4)17-27(43)26(42)15-25(35)32(44)31(30)40-18-21(2)41/h21-29,33-34,39-43,45-47H,8-20H2,1-7H3/t21-,22-,23+,24-,25-,26+,27-,28-,29-,33+,34+,35-,36+,37+,38+/m0/s1. The maximum Gasteiger partial charge on any atom is 0.182 e. The van der Waals surface area contributed by atoms with Crippen molar-refractivity contribution in [3.05, 3.63) is 11.3 Å². The number of hydrogen-bond donors (Lipinski definition) is 8. The zero-order chi connectivity index (χ0) is 35.4. The highest BCUT2D eigenvalue weighted by Crippen LogP contribution is 2.70. The summed E-state index contributed by atoms with van der Waals surface area (Å²) in [7, 11) is 1.88. The van der Waals surface area contributed by atoms with E-state index < -0.39 is 64.4 Å². The monoisotopic (exact) mass is 678 g/mol. The lowest BCUT2D eigenvalue weighted by Gasteiger charge is -2.64. The number of nitrogens with one attached hydrogen (secondary N) is 2. The second-order valence-electron chi connectivity index (χ2n) is 17.3. The van der Waals surface area contributed by atoms with Crippen LogP contribution in [-0.2, 0) is 9.53 Å². The molecule has 0 aromatic heterocycles. The van der Waals surface area contributed by atoms with Crippen molar-refractivity contribution in [3.63, 3.8) is 0 Å². The molecule has 0 aromatic carbocycles. The van der Waals surface area contributed by atoms with Crippen LogP contribution in [0.3, 0.4) is 0 Å². The number of ketones is 1. The summed E-state index contributed by atoms with van der Waals surface area (Å²) in [5.74, 6) is -1.25. The molecule has 48 heavy (non-hydrogen) atoms. The number of rotatable bonds is 13. The molecule has 0 bridgehead atoms. The Morgan fingerprint density at radius 1 is 1.08 bits per heavy atom. The molecule has 10 nitrogen and oxygen atoms in total. The van der Waals surface area contributed by atoms with Crippen molar-refractivity contribution in [2.75, 3.05) is 26.7 Å². The Kier molecular flexibility index (Phi) is 11.2. The van der Waals surface area contributed by atoms with Crippen LogP contribution in [0.25, 0.3) is 0 Å². The van der Waals surface area contributed by atoms with Crippen LogP contribution >= 0.6 is 0 Å². The van der Waals surface area contributed by atoms with E-state index in [0.29, 0.717) is 49.6 Å². The van der Waals surface area contributed by atoms with Gasteiger partial charge < -0.3 is 46.0 Å². The van der Waals surface area contributed by atoms with Gasteiger partial charge in [0.05, 0.1) is 47.9 Å². The molecule has 0 unspecified atom stereocenters. The Morgan fingerprint density at radius 3 is 2.44 bits per heavy atom. The molecule has 1 saturated heterocycles. The topological polar surface area (TPSA) is 172 Å². The number of aliphatic hydroxyl groups is 6. The minimum absolute atomic E-state index is 0.0777. The molecule has 5 rings (SSSR count). The van der Waals surface area contributed by atoms with Gasteiger partial charge in [0.25, 0.3) is 0 Å². The number of hydrogen-bond acceptors (Lipinski definition) is 10. The average Bonchev–Trinajstić information content (AvgIpc) is 3.51. The Morgan fingerprint density at radius 2 is 1.79 bits per heavy atom. The first kappa shape index (κ1) is 38.1. The van der Waals surface area contributed by atoms with Crippen molar-refractivity contribution in [2.24, 2.45) is 46.3 Å². The molecule has 10 heteroatoms. The summed E-state index contributed by atoms with van der Waals surface area (Å²) in [6.07, 6.45) is 2.94. The minimum atomic E-state index is -1.59. The molecule has 15 atom stereocenters. The van der Waals surface area contributed by atoms with Crippen molar-refractivity contribution in [2.45, 2.75) is 147 Å². The van der Waals surface area contributed by atoms with E-state index in [1.165, 1.54) is 19.3 Å². The van der Waals surface area contributed by atoms with Crippen LogP contribution in [0.4, 0.5) is 0 Å². The van der Waals surface area contributed by atoms with Gasteiger partial charge in [-0.3, -0.25) is 4.79 Å². The van der Waals surface area contributed by atoms with E-state index in [2.05, 4.69) is 24.5 Å². The van der Waals surface area contributed by atoms with Crippen LogP contribution in [0.15, 0.2) is 11.3 Å². The lowest BCUT2D eigenvalue weighted by molar-refractivity contribution is -0.202. The number of unbranched alkanes of at least 4 members (excludes halogenated alkanes) is 3. The van der Waals surface area contributed by atoms with E-state index in [4.69, 9.17) is 4.74 Å².